The van der Waals surface area contributed by atoms with Crippen molar-refractivity contribution in [2.24, 2.45) is 11.8 Å². The van der Waals surface area contributed by atoms with Gasteiger partial charge in [-0.1, -0.05) is 26.7 Å². The average Bonchev–Trinajstić information content (AvgIpc) is 2.40. The molecular formula is C15H26N2O2. The third kappa shape index (κ3) is 3.16. The molecule has 3 unspecified atom stereocenters. The van der Waals surface area contributed by atoms with Gasteiger partial charge in [0.25, 0.3) is 0 Å². The molecule has 1 N–H and O–H groups in total. The molecule has 0 aromatic carbocycles. The third-order valence-corrected chi connectivity index (χ3v) is 4.74. The van der Waals surface area contributed by atoms with Crippen LogP contribution >= 0.6 is 0 Å². The first-order valence-corrected chi connectivity index (χ1v) is 7.57. The van der Waals surface area contributed by atoms with Crippen molar-refractivity contribution in [3.05, 3.63) is 0 Å². The number of hydrogen-bond acceptors (Lipinski definition) is 3. The van der Waals surface area contributed by atoms with Crippen LogP contribution < -0.4 is 5.32 Å². The minimum absolute atomic E-state index is 0.0490. The predicted octanol–water partition coefficient (Wildman–Crippen LogP) is 1.94. The van der Waals surface area contributed by atoms with E-state index in [0.29, 0.717) is 30.7 Å². The topological polar surface area (TPSA) is 49.4 Å². The Bertz CT molecular complexity index is 354. The monoisotopic (exact) mass is 266 g/mol. The van der Waals surface area contributed by atoms with Crippen LogP contribution in [-0.2, 0) is 9.59 Å². The molecule has 1 aliphatic heterocycles. The van der Waals surface area contributed by atoms with Crippen LogP contribution in [0.15, 0.2) is 0 Å². The molecule has 1 saturated carbocycles. The molecule has 1 heterocycles. The van der Waals surface area contributed by atoms with Crippen LogP contribution in [0.4, 0.5) is 0 Å². The van der Waals surface area contributed by atoms with Gasteiger partial charge in [0.1, 0.15) is 0 Å². The van der Waals surface area contributed by atoms with E-state index in [2.05, 4.69) is 19.2 Å². The van der Waals surface area contributed by atoms with Crippen molar-refractivity contribution in [3.8, 4) is 0 Å². The zero-order valence-corrected chi connectivity index (χ0v) is 12.3. The lowest BCUT2D eigenvalue weighted by Crippen LogP contribution is -2.56. The highest BCUT2D eigenvalue weighted by Gasteiger charge is 2.36. The van der Waals surface area contributed by atoms with Crippen molar-refractivity contribution in [2.75, 3.05) is 7.05 Å². The molecule has 4 nitrogen and oxygen atoms in total. The van der Waals surface area contributed by atoms with Crippen molar-refractivity contribution in [1.29, 1.82) is 0 Å². The number of amides is 2. The Morgan fingerprint density at radius 1 is 1.16 bits per heavy atom. The number of nitrogens with one attached hydrogen (secondary N) is 1. The van der Waals surface area contributed by atoms with Gasteiger partial charge in [0, 0.05) is 19.5 Å². The Morgan fingerprint density at radius 2 is 1.84 bits per heavy atom. The highest BCUT2D eigenvalue weighted by Crippen LogP contribution is 2.31. The highest BCUT2D eigenvalue weighted by atomic mass is 16.2. The number of rotatable bonds is 3. The van der Waals surface area contributed by atoms with Crippen LogP contribution in [0.25, 0.3) is 0 Å². The second-order valence-electron chi connectivity index (χ2n) is 6.35. The lowest BCUT2D eigenvalue weighted by molar-refractivity contribution is -0.148. The van der Waals surface area contributed by atoms with Gasteiger partial charge in [0.05, 0.1) is 6.04 Å². The molecule has 3 atom stereocenters. The summed E-state index contributed by atoms with van der Waals surface area (Å²) < 4.78 is 0. The summed E-state index contributed by atoms with van der Waals surface area (Å²) in [6.45, 7) is 4.53. The normalized spacial score (nSPS) is 33.1. The van der Waals surface area contributed by atoms with Crippen molar-refractivity contribution in [3.63, 3.8) is 0 Å². The lowest BCUT2D eigenvalue weighted by atomic mass is 9.77. The largest absolute Gasteiger partial charge is 0.303 e. The minimum atomic E-state index is -0.160. The summed E-state index contributed by atoms with van der Waals surface area (Å²) in [5, 5.41) is 3.55. The van der Waals surface area contributed by atoms with Crippen molar-refractivity contribution in [2.45, 2.75) is 64.5 Å². The van der Waals surface area contributed by atoms with Crippen LogP contribution in [0.1, 0.15) is 52.4 Å². The van der Waals surface area contributed by atoms with Crippen LogP contribution in [0.2, 0.25) is 0 Å². The quantitative estimate of drug-likeness (QED) is 0.794. The molecule has 2 fully saturated rings. The number of likely N-dealkylation sites (N-methyl/N-ethyl adjacent to an activating group) is 1. The number of nitrogens with zero attached hydrogens (tertiary/aromatic N) is 1. The van der Waals surface area contributed by atoms with E-state index in [1.165, 1.54) is 24.2 Å². The summed E-state index contributed by atoms with van der Waals surface area (Å²) in [6, 6.07) is 0.274. The molecule has 19 heavy (non-hydrogen) atoms. The Kier molecular flexibility index (Phi) is 4.61. The molecule has 1 saturated heterocycles. The maximum absolute atomic E-state index is 12.1. The molecule has 0 radical (unpaired) electrons. The first-order chi connectivity index (χ1) is 9.00. The van der Waals surface area contributed by atoms with Gasteiger partial charge in [-0.3, -0.25) is 14.5 Å². The van der Waals surface area contributed by atoms with Gasteiger partial charge in [-0.2, -0.15) is 0 Å². The van der Waals surface area contributed by atoms with E-state index in [9.17, 15) is 9.59 Å². The van der Waals surface area contributed by atoms with Gasteiger partial charge in [-0.25, -0.2) is 0 Å². The van der Waals surface area contributed by atoms with Gasteiger partial charge in [-0.15, -0.1) is 0 Å². The molecule has 108 valence electrons. The Labute approximate surface area is 115 Å². The number of carbonyl (C=O) groups is 2. The molecule has 0 aromatic rings. The van der Waals surface area contributed by atoms with E-state index in [1.807, 2.05) is 0 Å². The molecule has 2 amide bonds. The molecule has 0 bridgehead atoms. The first kappa shape index (κ1) is 14.5. The maximum atomic E-state index is 12.1. The third-order valence-electron chi connectivity index (χ3n) is 4.74. The Morgan fingerprint density at radius 3 is 2.53 bits per heavy atom. The van der Waals surface area contributed by atoms with Crippen LogP contribution in [0.3, 0.4) is 0 Å². The standard InChI is InChI=1S/C15H26N2O2/c1-10(2)11-6-4-5-7-12(11)16-13-8-9-14(18)17(3)15(13)19/h10-13,16H,4-9H2,1-3H3. The molecular weight excluding hydrogens is 240 g/mol. The number of hydrogen-bond donors (Lipinski definition) is 1. The fraction of sp³-hybridized carbons (Fsp3) is 0.867. The van der Waals surface area contributed by atoms with Crippen LogP contribution in [-0.4, -0.2) is 35.8 Å². The summed E-state index contributed by atoms with van der Waals surface area (Å²) in [7, 11) is 1.60. The van der Waals surface area contributed by atoms with E-state index >= 15 is 0 Å². The number of imide groups is 1. The highest BCUT2D eigenvalue weighted by molar-refractivity contribution is 6.00. The summed E-state index contributed by atoms with van der Waals surface area (Å²) in [4.78, 5) is 24.9. The number of carbonyl (C=O) groups excluding carboxylic acids is 2. The van der Waals surface area contributed by atoms with Gasteiger partial charge >= 0.3 is 0 Å². The number of likely N-dealkylation sites (tertiary alicyclic amines) is 1. The minimum Gasteiger partial charge on any atom is -0.303 e. The molecule has 4 heteroatoms. The maximum Gasteiger partial charge on any atom is 0.246 e. The second kappa shape index (κ2) is 6.04. The summed E-state index contributed by atoms with van der Waals surface area (Å²) >= 11 is 0. The first-order valence-electron chi connectivity index (χ1n) is 7.57. The van der Waals surface area contributed by atoms with Crippen molar-refractivity contribution in [1.82, 2.24) is 10.2 Å². The smallest absolute Gasteiger partial charge is 0.246 e. The van der Waals surface area contributed by atoms with E-state index in [-0.39, 0.29) is 17.9 Å². The van der Waals surface area contributed by atoms with Gasteiger partial charge in [0.15, 0.2) is 0 Å². The fourth-order valence-electron chi connectivity index (χ4n) is 3.49. The van der Waals surface area contributed by atoms with Gasteiger partial charge < -0.3 is 5.32 Å². The van der Waals surface area contributed by atoms with Gasteiger partial charge in [0.2, 0.25) is 11.8 Å². The van der Waals surface area contributed by atoms with E-state index in [0.717, 1.165) is 6.42 Å². The Balaban J connectivity index is 1.99. The molecule has 0 spiro atoms. The molecule has 2 rings (SSSR count). The zero-order chi connectivity index (χ0) is 14.0. The SMILES string of the molecule is CC(C)C1CCCCC1NC1CCC(=O)N(C)C1=O. The predicted molar refractivity (Wildman–Crippen MR) is 74.5 cm³/mol. The lowest BCUT2D eigenvalue weighted by Gasteiger charge is -2.39. The molecule has 2 aliphatic rings. The van der Waals surface area contributed by atoms with Crippen molar-refractivity contribution < 1.29 is 9.59 Å². The molecule has 1 aliphatic carbocycles. The van der Waals surface area contributed by atoms with E-state index < -0.39 is 0 Å². The number of piperidine rings is 1. The summed E-state index contributed by atoms with van der Waals surface area (Å²) in [5.74, 6) is 1.21. The summed E-state index contributed by atoms with van der Waals surface area (Å²) in [5.41, 5.74) is 0. The fourth-order valence-corrected chi connectivity index (χ4v) is 3.49. The zero-order valence-electron chi connectivity index (χ0n) is 12.3. The van der Waals surface area contributed by atoms with Crippen molar-refractivity contribution >= 4 is 11.8 Å². The van der Waals surface area contributed by atoms with Crippen LogP contribution in [0, 0.1) is 11.8 Å². The van der Waals surface area contributed by atoms with E-state index in [4.69, 9.17) is 0 Å². The average molecular weight is 266 g/mol. The summed E-state index contributed by atoms with van der Waals surface area (Å²) in [6.07, 6.45) is 6.10. The molecule has 0 aromatic heterocycles. The Hall–Kier alpha value is -0.900. The second-order valence-corrected chi connectivity index (χ2v) is 6.35. The van der Waals surface area contributed by atoms with E-state index in [1.54, 1.807) is 7.05 Å². The van der Waals surface area contributed by atoms with Crippen LogP contribution in [0.5, 0.6) is 0 Å². The van der Waals surface area contributed by atoms with Gasteiger partial charge in [-0.05, 0) is 31.1 Å².